The summed E-state index contributed by atoms with van der Waals surface area (Å²) in [5, 5.41) is 20.8. The van der Waals surface area contributed by atoms with Crippen LogP contribution in [0.4, 0.5) is 17.1 Å². The van der Waals surface area contributed by atoms with Crippen molar-refractivity contribution in [2.75, 3.05) is 48.7 Å². The maximum atomic E-state index is 12.8. The second-order valence-corrected chi connectivity index (χ2v) is 35.5. The molecule has 3 saturated heterocycles. The molecule has 0 spiro atoms. The number of aliphatic hydroxyl groups excluding tert-OH is 2. The van der Waals surface area contributed by atoms with Crippen LogP contribution < -0.4 is 14.7 Å². The molecule has 0 radical (unpaired) electrons. The number of unbranched alkanes of at least 4 members (excludes halogenated alkanes) is 6. The highest BCUT2D eigenvalue weighted by atomic mass is 32.1. The van der Waals surface area contributed by atoms with Crippen LogP contribution in [0.25, 0.3) is 0 Å². The fourth-order valence-corrected chi connectivity index (χ4v) is 16.2. The van der Waals surface area contributed by atoms with Crippen molar-refractivity contribution in [3.05, 3.63) is 155 Å². The topological polar surface area (TPSA) is 208 Å². The average Bonchev–Trinajstić information content (AvgIpc) is 1.06. The summed E-state index contributed by atoms with van der Waals surface area (Å²) < 4.78 is 33.7. The van der Waals surface area contributed by atoms with Crippen molar-refractivity contribution < 1.29 is 67.1 Å². The second-order valence-electron chi connectivity index (χ2n) is 27.3. The van der Waals surface area contributed by atoms with E-state index in [2.05, 4.69) is 66.8 Å². The van der Waals surface area contributed by atoms with Gasteiger partial charge in [-0.15, -0.1) is 34.0 Å². The van der Waals surface area contributed by atoms with Crippen molar-refractivity contribution in [2.24, 2.45) is 0 Å². The number of carbonyl (C=O) groups is 6. The highest BCUT2D eigenvalue weighted by Gasteiger charge is 2.40. The molecule has 6 heterocycles. The van der Waals surface area contributed by atoms with E-state index in [9.17, 15) is 39.0 Å². The molecular weight excluding hydrogens is 1330 g/mol. The zero-order valence-corrected chi connectivity index (χ0v) is 63.6. The molecule has 6 atom stereocenters. The van der Waals surface area contributed by atoms with Crippen LogP contribution >= 0.6 is 34.0 Å². The van der Waals surface area contributed by atoms with Crippen LogP contribution in [0.5, 0.6) is 0 Å². The number of methoxy groups -OCH3 is 2. The lowest BCUT2D eigenvalue weighted by Crippen LogP contribution is -2.41. The van der Waals surface area contributed by atoms with Gasteiger partial charge in [-0.2, -0.15) is 0 Å². The van der Waals surface area contributed by atoms with Gasteiger partial charge in [0.05, 0.1) is 37.4 Å². The molecule has 0 aliphatic carbocycles. The Morgan fingerprint density at radius 2 is 0.808 bits per heavy atom. The van der Waals surface area contributed by atoms with Crippen LogP contribution in [0, 0.1) is 0 Å². The van der Waals surface area contributed by atoms with Gasteiger partial charge in [0.15, 0.2) is 14.1 Å². The molecule has 0 saturated carbocycles. The largest absolute Gasteiger partial charge is 0.465 e. The maximum Gasteiger partial charge on any atom is 0.348 e. The number of amides is 3. The van der Waals surface area contributed by atoms with E-state index in [-0.39, 0.29) is 85.1 Å². The van der Waals surface area contributed by atoms with Crippen LogP contribution in [0.1, 0.15) is 243 Å². The second kappa shape index (κ2) is 39.8. The van der Waals surface area contributed by atoms with Gasteiger partial charge < -0.3 is 38.3 Å². The van der Waals surface area contributed by atoms with E-state index >= 15 is 0 Å². The molecule has 9 rings (SSSR count). The van der Waals surface area contributed by atoms with Crippen LogP contribution in [-0.4, -0.2) is 107 Å². The number of anilines is 3. The Balaban J connectivity index is 0.000000211. The third-order valence-corrected chi connectivity index (χ3v) is 26.7. The highest BCUT2D eigenvalue weighted by Crippen LogP contribution is 2.42. The quantitative estimate of drug-likeness (QED) is 0.0164. The Morgan fingerprint density at radius 1 is 0.485 bits per heavy atom. The molecule has 17 nitrogen and oxygen atoms in total. The minimum atomic E-state index is -1.93. The van der Waals surface area contributed by atoms with Gasteiger partial charge in [0, 0.05) is 31.7 Å². The van der Waals surface area contributed by atoms with Gasteiger partial charge >= 0.3 is 11.9 Å². The Hall–Kier alpha value is -6.24. The van der Waals surface area contributed by atoms with Crippen LogP contribution in [-0.2, 0) is 61.8 Å². The Bertz CT molecular complexity index is 3490. The average molecular weight is 1440 g/mol. The summed E-state index contributed by atoms with van der Waals surface area (Å²) >= 11 is 4.43. The summed E-state index contributed by atoms with van der Waals surface area (Å²) in [5.41, 5.74) is 5.41. The van der Waals surface area contributed by atoms with Gasteiger partial charge in [-0.25, -0.2) is 9.59 Å². The lowest BCUT2D eigenvalue weighted by Gasteiger charge is -2.39. The lowest BCUT2D eigenvalue weighted by atomic mass is 10.0. The number of carbonyl (C=O) groups excluding carboxylic acids is 6. The monoisotopic (exact) mass is 1430 g/mol. The fourth-order valence-electron chi connectivity index (χ4n) is 12.0. The molecular formula is C78H107N3O14S3Si. The van der Waals surface area contributed by atoms with E-state index in [0.717, 1.165) is 158 Å². The number of esters is 2. The van der Waals surface area contributed by atoms with Crippen molar-refractivity contribution in [3.63, 3.8) is 0 Å². The number of hydrogen-bond donors (Lipinski definition) is 2. The van der Waals surface area contributed by atoms with Gasteiger partial charge in [-0.1, -0.05) is 136 Å². The van der Waals surface area contributed by atoms with Crippen LogP contribution in [0.2, 0.25) is 18.1 Å². The Morgan fingerprint density at radius 3 is 1.12 bits per heavy atom. The molecule has 99 heavy (non-hydrogen) atoms. The van der Waals surface area contributed by atoms with Crippen molar-refractivity contribution in [2.45, 2.75) is 238 Å². The van der Waals surface area contributed by atoms with Gasteiger partial charge in [-0.05, 0) is 192 Å². The Kier molecular flexibility index (Phi) is 32.2. The first-order valence-corrected chi connectivity index (χ1v) is 40.9. The molecule has 6 aromatic rings. The summed E-state index contributed by atoms with van der Waals surface area (Å²) in [7, 11) is 0.842. The molecule has 3 aromatic heterocycles. The van der Waals surface area contributed by atoms with E-state index in [1.807, 2.05) is 84.9 Å². The number of rotatable bonds is 35. The molecule has 3 fully saturated rings. The van der Waals surface area contributed by atoms with Crippen molar-refractivity contribution in [3.8, 4) is 0 Å². The molecule has 0 bridgehead atoms. The number of nitrogens with zero attached hydrogens (tertiary/aromatic N) is 3. The summed E-state index contributed by atoms with van der Waals surface area (Å²) in [4.78, 5) is 83.0. The third kappa shape index (κ3) is 23.7. The maximum absolute atomic E-state index is 12.8. The lowest BCUT2D eigenvalue weighted by molar-refractivity contribution is -0.118. The first-order valence-electron chi connectivity index (χ1n) is 35.6. The molecule has 540 valence electrons. The summed E-state index contributed by atoms with van der Waals surface area (Å²) in [6, 6.07) is 34.9. The molecule has 3 aliphatic heterocycles. The molecule has 3 aliphatic rings. The number of Topliss-reactive ketones (excluding diaryl/α,β-unsaturated/α-hetero) is 1. The summed E-state index contributed by atoms with van der Waals surface area (Å²) in [6.07, 6.45) is 18.1. The van der Waals surface area contributed by atoms with Crippen molar-refractivity contribution in [1.29, 1.82) is 0 Å². The number of benzene rings is 3. The Labute approximate surface area is 600 Å². The number of hydrogen-bond acceptors (Lipinski definition) is 17. The summed E-state index contributed by atoms with van der Waals surface area (Å²) in [5.74, 6) is -0.615. The number of thiophene rings is 3. The zero-order chi connectivity index (χ0) is 71.7. The normalized spacial score (nSPS) is 17.3. The third-order valence-electron chi connectivity index (χ3n) is 18.7. The first kappa shape index (κ1) is 80.1. The van der Waals surface area contributed by atoms with E-state index in [0.29, 0.717) is 16.2 Å². The molecule has 3 amide bonds. The number of aliphatic hydroxyl groups is 2. The van der Waals surface area contributed by atoms with E-state index < -0.39 is 20.5 Å². The minimum Gasteiger partial charge on any atom is -0.465 e. The molecule has 2 unspecified atom stereocenters. The fraction of sp³-hybridized carbons (Fsp3) is 0.538. The van der Waals surface area contributed by atoms with Gasteiger partial charge in [0.25, 0.3) is 17.7 Å². The van der Waals surface area contributed by atoms with E-state index in [1.54, 1.807) is 33.8 Å². The minimum absolute atomic E-state index is 0.0103. The number of aryl methyl sites for hydroxylation is 3. The standard InChI is InChI=1S/C30H45NO5SSi.C24H31NO5S.C24H31NO4S/c1-8-9-10-13-25(36-38(6,7)30(2,3)4)22-15-17-23(18-16-22)31-27(32)21-35-28(31)14-11-12-24-19-20-26(37-24)29(33)34-5;1-3-4-5-8-20(26)17-10-12-18(13-11-17)25-22(27)16-30-23(25)9-6-7-19-14-15-21(31-19)24(28)29-2;1-3-4-5-8-21(27)18-10-12-19(13-11-18)25-23(28)16-29-24(25)9-6-7-20-14-15-22(30-20)17(2)26/h15-20,25,28H,8-14,21H2,1-7H3;10-15,20,23,26H,3-9,16H2,1-2H3;10-15,21,24,27H,3-9,16H2,1-2H3/t25-,28?;20-,23?;21-,24+/m000/s1. The first-order chi connectivity index (χ1) is 47.5. The van der Waals surface area contributed by atoms with Crippen molar-refractivity contribution in [1.82, 2.24) is 0 Å². The van der Waals surface area contributed by atoms with Gasteiger partial charge in [0.2, 0.25) is 0 Å². The van der Waals surface area contributed by atoms with E-state index in [4.69, 9.17) is 28.1 Å². The summed E-state index contributed by atoms with van der Waals surface area (Å²) in [6.45, 7) is 19.8. The van der Waals surface area contributed by atoms with Crippen LogP contribution in [0.3, 0.4) is 0 Å². The molecule has 21 heteroatoms. The van der Waals surface area contributed by atoms with Crippen LogP contribution in [0.15, 0.2) is 109 Å². The number of ketones is 1. The predicted octanol–water partition coefficient (Wildman–Crippen LogP) is 18.0. The predicted molar refractivity (Wildman–Crippen MR) is 399 cm³/mol. The van der Waals surface area contributed by atoms with Gasteiger partial charge in [0.1, 0.15) is 48.3 Å². The van der Waals surface area contributed by atoms with E-state index in [1.165, 1.54) is 71.5 Å². The molecule has 2 N–H and O–H groups in total. The SMILES string of the molecule is CCCCC[C@H](O)c1ccc(N2C(=O)COC2CCCc2ccc(C(=O)OC)s2)cc1.CCCCC[C@H](O)c1ccc(N2C(=O)CO[C@@H]2CCCc2ccc(C(C)=O)s2)cc1.CCCCC[C@H](O[Si](C)(C)C(C)(C)C)c1ccc(N2C(=O)COC2CCCc2ccc(C(=O)OC)s2)cc1. The zero-order valence-electron chi connectivity index (χ0n) is 60.2. The van der Waals surface area contributed by atoms with Gasteiger partial charge in [-0.3, -0.25) is 33.9 Å². The highest BCUT2D eigenvalue weighted by molar-refractivity contribution is 7.14. The smallest absolute Gasteiger partial charge is 0.348 e. The van der Waals surface area contributed by atoms with Crippen molar-refractivity contribution >= 4 is 94.8 Å². The molecule has 3 aromatic carbocycles. The number of ether oxygens (including phenoxy) is 5.